The van der Waals surface area contributed by atoms with E-state index in [1.54, 1.807) is 23.5 Å². The summed E-state index contributed by atoms with van der Waals surface area (Å²) in [6.07, 6.45) is 4.11. The Morgan fingerprint density at radius 2 is 1.67 bits per heavy atom. The molecule has 1 aliphatic rings. The largest absolute Gasteiger partial charge is 0.496 e. The molecule has 0 aliphatic heterocycles. The maximum atomic E-state index is 13.5. The van der Waals surface area contributed by atoms with Gasteiger partial charge in [-0.3, -0.25) is 0 Å². The highest BCUT2D eigenvalue weighted by Gasteiger charge is 2.36. The molecule has 0 aromatic heterocycles. The highest BCUT2D eigenvalue weighted by Crippen LogP contribution is 2.36. The monoisotopic (exact) mass is 347 g/mol. The molecule has 0 atom stereocenters. The van der Waals surface area contributed by atoms with E-state index in [9.17, 15) is 8.42 Å². The highest BCUT2D eigenvalue weighted by molar-refractivity contribution is 7.89. The van der Waals surface area contributed by atoms with Crippen LogP contribution < -0.4 is 4.74 Å². The molecule has 0 spiro atoms. The lowest BCUT2D eigenvalue weighted by atomic mass is 10.1. The van der Waals surface area contributed by atoms with Crippen molar-refractivity contribution in [3.8, 4) is 5.75 Å². The van der Waals surface area contributed by atoms with Gasteiger partial charge in [0.05, 0.1) is 12.0 Å². The van der Waals surface area contributed by atoms with Crippen molar-refractivity contribution in [2.75, 3.05) is 7.11 Å². The van der Waals surface area contributed by atoms with Crippen LogP contribution >= 0.6 is 0 Å². The van der Waals surface area contributed by atoms with E-state index in [2.05, 4.69) is 0 Å². The van der Waals surface area contributed by atoms with Gasteiger partial charge in [-0.1, -0.05) is 37.1 Å². The number of sulfonamides is 1. The summed E-state index contributed by atoms with van der Waals surface area (Å²) in [5, 5.41) is 1.55. The molecule has 0 radical (unpaired) electrons. The van der Waals surface area contributed by atoms with Crippen molar-refractivity contribution in [3.05, 3.63) is 36.4 Å². The predicted octanol–water partition coefficient (Wildman–Crippen LogP) is 4.19. The van der Waals surface area contributed by atoms with Gasteiger partial charge in [0.15, 0.2) is 0 Å². The Kier molecular flexibility index (Phi) is 4.83. The van der Waals surface area contributed by atoms with Crippen molar-refractivity contribution in [2.24, 2.45) is 0 Å². The van der Waals surface area contributed by atoms with Gasteiger partial charge in [-0.15, -0.1) is 0 Å². The molecule has 0 bridgehead atoms. The number of fused-ring (bicyclic) bond motifs is 1. The highest BCUT2D eigenvalue weighted by atomic mass is 32.2. The fourth-order valence-corrected chi connectivity index (χ4v) is 5.90. The molecule has 24 heavy (non-hydrogen) atoms. The van der Waals surface area contributed by atoms with E-state index in [-0.39, 0.29) is 12.1 Å². The van der Waals surface area contributed by atoms with Crippen molar-refractivity contribution >= 4 is 20.8 Å². The Balaban J connectivity index is 2.17. The summed E-state index contributed by atoms with van der Waals surface area (Å²) in [5.41, 5.74) is 0. The van der Waals surface area contributed by atoms with Crippen LogP contribution in [0.15, 0.2) is 41.3 Å². The topological polar surface area (TPSA) is 46.6 Å². The first kappa shape index (κ1) is 17.2. The summed E-state index contributed by atoms with van der Waals surface area (Å²) in [6.45, 7) is 3.92. The lowest BCUT2D eigenvalue weighted by Gasteiger charge is -2.32. The van der Waals surface area contributed by atoms with Gasteiger partial charge in [-0.2, -0.15) is 4.31 Å². The molecule has 0 N–H and O–H groups in total. The minimum atomic E-state index is -3.56. The zero-order chi connectivity index (χ0) is 17.3. The van der Waals surface area contributed by atoms with Crippen LogP contribution in [0, 0.1) is 0 Å². The van der Waals surface area contributed by atoms with E-state index >= 15 is 0 Å². The molecule has 0 amide bonds. The first-order valence-electron chi connectivity index (χ1n) is 8.56. The van der Waals surface area contributed by atoms with Crippen molar-refractivity contribution in [1.82, 2.24) is 4.31 Å². The number of nitrogens with zero attached hydrogens (tertiary/aromatic N) is 1. The predicted molar refractivity (Wildman–Crippen MR) is 96.9 cm³/mol. The molecule has 0 unspecified atom stereocenters. The summed E-state index contributed by atoms with van der Waals surface area (Å²) >= 11 is 0. The lowest BCUT2D eigenvalue weighted by molar-refractivity contribution is 0.275. The average molecular weight is 347 g/mol. The van der Waals surface area contributed by atoms with Gasteiger partial charge in [0.25, 0.3) is 0 Å². The minimum Gasteiger partial charge on any atom is -0.496 e. The third kappa shape index (κ3) is 2.91. The van der Waals surface area contributed by atoms with Gasteiger partial charge in [0, 0.05) is 22.9 Å². The average Bonchev–Trinajstić information content (AvgIpc) is 3.06. The number of ether oxygens (including phenoxy) is 1. The molecule has 2 aromatic rings. The third-order valence-corrected chi connectivity index (χ3v) is 7.00. The van der Waals surface area contributed by atoms with Crippen LogP contribution in [0.25, 0.3) is 10.8 Å². The number of benzene rings is 2. The Morgan fingerprint density at radius 3 is 2.25 bits per heavy atom. The first-order chi connectivity index (χ1) is 11.5. The number of hydrogen-bond acceptors (Lipinski definition) is 3. The van der Waals surface area contributed by atoms with Crippen LogP contribution in [-0.2, 0) is 10.0 Å². The normalized spacial score (nSPS) is 16.4. The van der Waals surface area contributed by atoms with E-state index in [0.717, 1.165) is 36.5 Å². The Bertz CT molecular complexity index is 824. The van der Waals surface area contributed by atoms with Gasteiger partial charge in [-0.25, -0.2) is 8.42 Å². The van der Waals surface area contributed by atoms with Crippen LogP contribution in [0.1, 0.15) is 39.5 Å². The fraction of sp³-hybridized carbons (Fsp3) is 0.474. The number of rotatable bonds is 5. The first-order valence-corrected chi connectivity index (χ1v) is 10.00. The summed E-state index contributed by atoms with van der Waals surface area (Å²) in [7, 11) is -1.95. The molecule has 2 aromatic carbocycles. The summed E-state index contributed by atoms with van der Waals surface area (Å²) in [5.74, 6) is 0.696. The van der Waals surface area contributed by atoms with Crippen molar-refractivity contribution < 1.29 is 13.2 Å². The molecular formula is C19H25NO3S. The van der Waals surface area contributed by atoms with Gasteiger partial charge in [0.1, 0.15) is 5.75 Å². The van der Waals surface area contributed by atoms with Crippen molar-refractivity contribution in [3.63, 3.8) is 0 Å². The molecule has 0 heterocycles. The SMILES string of the molecule is COc1ccc(S(=O)(=O)N(C(C)C)C2CCCC2)c2ccccc12. The molecular weight excluding hydrogens is 322 g/mol. The third-order valence-electron chi connectivity index (χ3n) is 4.81. The molecule has 130 valence electrons. The number of methoxy groups -OCH3 is 1. The summed E-state index contributed by atoms with van der Waals surface area (Å²) < 4.78 is 34.0. The van der Waals surface area contributed by atoms with Crippen LogP contribution in [0.2, 0.25) is 0 Å². The van der Waals surface area contributed by atoms with E-state index in [1.807, 2.05) is 38.1 Å². The van der Waals surface area contributed by atoms with Crippen molar-refractivity contribution in [2.45, 2.75) is 56.5 Å². The van der Waals surface area contributed by atoms with Gasteiger partial charge in [0.2, 0.25) is 10.0 Å². The molecule has 3 rings (SSSR count). The molecule has 1 saturated carbocycles. The Labute approximate surface area is 144 Å². The zero-order valence-electron chi connectivity index (χ0n) is 14.5. The number of hydrogen-bond donors (Lipinski definition) is 0. The van der Waals surface area contributed by atoms with Gasteiger partial charge < -0.3 is 4.74 Å². The summed E-state index contributed by atoms with van der Waals surface area (Å²) in [4.78, 5) is 0.375. The van der Waals surface area contributed by atoms with Crippen LogP contribution in [0.3, 0.4) is 0 Å². The van der Waals surface area contributed by atoms with E-state index in [1.165, 1.54) is 0 Å². The van der Waals surface area contributed by atoms with E-state index < -0.39 is 10.0 Å². The fourth-order valence-electron chi connectivity index (χ4n) is 3.81. The second-order valence-corrected chi connectivity index (χ2v) is 8.49. The minimum absolute atomic E-state index is 0.0565. The zero-order valence-corrected chi connectivity index (χ0v) is 15.3. The summed E-state index contributed by atoms with van der Waals surface area (Å²) in [6, 6.07) is 11.0. The lowest BCUT2D eigenvalue weighted by Crippen LogP contribution is -2.43. The molecule has 4 nitrogen and oxygen atoms in total. The van der Waals surface area contributed by atoms with E-state index in [4.69, 9.17) is 4.74 Å². The van der Waals surface area contributed by atoms with Crippen molar-refractivity contribution in [1.29, 1.82) is 0 Å². The van der Waals surface area contributed by atoms with Crippen LogP contribution in [0.5, 0.6) is 5.75 Å². The van der Waals surface area contributed by atoms with Crippen LogP contribution in [-0.4, -0.2) is 31.9 Å². The molecule has 1 fully saturated rings. The second kappa shape index (κ2) is 6.73. The van der Waals surface area contributed by atoms with Gasteiger partial charge >= 0.3 is 0 Å². The maximum Gasteiger partial charge on any atom is 0.244 e. The Morgan fingerprint density at radius 1 is 1.04 bits per heavy atom. The van der Waals surface area contributed by atoms with Crippen LogP contribution in [0.4, 0.5) is 0 Å². The Hall–Kier alpha value is -1.59. The smallest absolute Gasteiger partial charge is 0.244 e. The maximum absolute atomic E-state index is 13.5. The molecule has 0 saturated heterocycles. The molecule has 1 aliphatic carbocycles. The second-order valence-electron chi connectivity index (χ2n) is 6.68. The van der Waals surface area contributed by atoms with Gasteiger partial charge in [-0.05, 0) is 38.8 Å². The van der Waals surface area contributed by atoms with E-state index in [0.29, 0.717) is 10.6 Å². The quantitative estimate of drug-likeness (QED) is 0.815. The standard InChI is InChI=1S/C19H25NO3S/c1-14(2)20(15-8-4-5-9-15)24(21,22)19-13-12-18(23-3)16-10-6-7-11-17(16)19/h6-7,10-15H,4-5,8-9H2,1-3H3. The molecule has 5 heteroatoms.